The highest BCUT2D eigenvalue weighted by molar-refractivity contribution is 5.28. The molecule has 1 rings (SSSR count). The van der Waals surface area contributed by atoms with Crippen molar-refractivity contribution in [3.8, 4) is 5.75 Å². The predicted octanol–water partition coefficient (Wildman–Crippen LogP) is 2.51. The van der Waals surface area contributed by atoms with Crippen LogP contribution in [-0.4, -0.2) is 19.8 Å². The second-order valence-corrected chi connectivity index (χ2v) is 3.85. The van der Waals surface area contributed by atoms with Crippen LogP contribution in [0.1, 0.15) is 31.9 Å². The van der Waals surface area contributed by atoms with Crippen molar-refractivity contribution in [3.05, 3.63) is 29.8 Å². The molecular formula is C13H21NO2. The minimum Gasteiger partial charge on any atom is -0.497 e. The molecule has 0 aromatic heterocycles. The summed E-state index contributed by atoms with van der Waals surface area (Å²) in [7, 11) is 1.66. The van der Waals surface area contributed by atoms with E-state index >= 15 is 0 Å². The van der Waals surface area contributed by atoms with Crippen LogP contribution in [0.5, 0.6) is 5.75 Å². The Hall–Kier alpha value is -1.06. The van der Waals surface area contributed by atoms with E-state index in [-0.39, 0.29) is 12.2 Å². The number of hydrogen-bond donors (Lipinski definition) is 1. The van der Waals surface area contributed by atoms with Gasteiger partial charge in [-0.1, -0.05) is 19.1 Å². The van der Waals surface area contributed by atoms with E-state index in [9.17, 15) is 0 Å². The molecule has 0 radical (unpaired) electrons. The van der Waals surface area contributed by atoms with E-state index in [0.717, 1.165) is 17.7 Å². The second-order valence-electron chi connectivity index (χ2n) is 3.85. The lowest BCUT2D eigenvalue weighted by Gasteiger charge is -2.20. The first kappa shape index (κ1) is 13.0. The first-order valence-electron chi connectivity index (χ1n) is 5.70. The molecular weight excluding hydrogens is 202 g/mol. The fourth-order valence-corrected chi connectivity index (χ4v) is 1.47. The predicted molar refractivity (Wildman–Crippen MR) is 65.6 cm³/mol. The van der Waals surface area contributed by atoms with Crippen molar-refractivity contribution in [2.45, 2.75) is 32.5 Å². The van der Waals surface area contributed by atoms with Crippen molar-refractivity contribution < 1.29 is 9.47 Å². The Kier molecular flexibility index (Phi) is 5.29. The van der Waals surface area contributed by atoms with Crippen LogP contribution in [0.25, 0.3) is 0 Å². The van der Waals surface area contributed by atoms with Crippen molar-refractivity contribution in [2.75, 3.05) is 13.7 Å². The molecule has 16 heavy (non-hydrogen) atoms. The van der Waals surface area contributed by atoms with Gasteiger partial charge in [-0.3, -0.25) is 0 Å². The fourth-order valence-electron chi connectivity index (χ4n) is 1.47. The first-order chi connectivity index (χ1) is 7.71. The number of methoxy groups -OCH3 is 1. The van der Waals surface area contributed by atoms with Crippen molar-refractivity contribution >= 4 is 0 Å². The van der Waals surface area contributed by atoms with Crippen LogP contribution in [0.4, 0.5) is 0 Å². The van der Waals surface area contributed by atoms with Crippen LogP contribution in [0, 0.1) is 0 Å². The minimum atomic E-state index is -0.0270. The molecule has 1 aromatic rings. The summed E-state index contributed by atoms with van der Waals surface area (Å²) in [4.78, 5) is 0. The third-order valence-corrected chi connectivity index (χ3v) is 2.67. The standard InChI is InChI=1S/C13H21NO2/c1-4-10(2)16-13(9-14)11-5-7-12(15-3)8-6-11/h5-8,10,13H,4,9,14H2,1-3H3. The molecule has 0 aliphatic rings. The fraction of sp³-hybridized carbons (Fsp3) is 0.538. The lowest BCUT2D eigenvalue weighted by atomic mass is 10.1. The summed E-state index contributed by atoms with van der Waals surface area (Å²) in [5.74, 6) is 0.850. The number of hydrogen-bond acceptors (Lipinski definition) is 3. The van der Waals surface area contributed by atoms with Crippen molar-refractivity contribution in [3.63, 3.8) is 0 Å². The highest BCUT2D eigenvalue weighted by Gasteiger charge is 2.12. The van der Waals surface area contributed by atoms with E-state index in [1.54, 1.807) is 7.11 Å². The van der Waals surface area contributed by atoms with Crippen LogP contribution < -0.4 is 10.5 Å². The Morgan fingerprint density at radius 3 is 2.31 bits per heavy atom. The smallest absolute Gasteiger partial charge is 0.118 e. The Labute approximate surface area is 97.6 Å². The third kappa shape index (κ3) is 3.51. The van der Waals surface area contributed by atoms with Crippen molar-refractivity contribution in [2.24, 2.45) is 5.73 Å². The summed E-state index contributed by atoms with van der Waals surface area (Å²) in [6, 6.07) is 7.85. The Balaban J connectivity index is 2.70. The maximum absolute atomic E-state index is 5.84. The number of benzene rings is 1. The molecule has 0 saturated carbocycles. The molecule has 90 valence electrons. The average molecular weight is 223 g/mol. The molecule has 0 aliphatic heterocycles. The molecule has 0 spiro atoms. The van der Waals surface area contributed by atoms with Gasteiger partial charge in [-0.15, -0.1) is 0 Å². The van der Waals surface area contributed by atoms with Gasteiger partial charge in [-0.2, -0.15) is 0 Å². The Morgan fingerprint density at radius 1 is 1.25 bits per heavy atom. The highest BCUT2D eigenvalue weighted by Crippen LogP contribution is 2.21. The van der Waals surface area contributed by atoms with E-state index in [2.05, 4.69) is 13.8 Å². The molecule has 1 aromatic carbocycles. The van der Waals surface area contributed by atoms with Gasteiger partial charge in [0.2, 0.25) is 0 Å². The van der Waals surface area contributed by atoms with Gasteiger partial charge >= 0.3 is 0 Å². The highest BCUT2D eigenvalue weighted by atomic mass is 16.5. The third-order valence-electron chi connectivity index (χ3n) is 2.67. The number of nitrogens with two attached hydrogens (primary N) is 1. The summed E-state index contributed by atoms with van der Waals surface area (Å²) < 4.78 is 11.0. The summed E-state index contributed by atoms with van der Waals surface area (Å²) >= 11 is 0. The van der Waals surface area contributed by atoms with Gasteiger partial charge in [0.25, 0.3) is 0 Å². The van der Waals surface area contributed by atoms with Crippen LogP contribution in [-0.2, 0) is 4.74 Å². The van der Waals surface area contributed by atoms with Gasteiger partial charge in [0.05, 0.1) is 19.3 Å². The van der Waals surface area contributed by atoms with E-state index in [1.165, 1.54) is 0 Å². The molecule has 3 heteroatoms. The SMILES string of the molecule is CCC(C)OC(CN)c1ccc(OC)cc1. The van der Waals surface area contributed by atoms with E-state index in [1.807, 2.05) is 24.3 Å². The van der Waals surface area contributed by atoms with E-state index < -0.39 is 0 Å². The summed E-state index contributed by atoms with van der Waals surface area (Å²) in [5, 5.41) is 0. The minimum absolute atomic E-state index is 0.0270. The molecule has 0 bridgehead atoms. The largest absolute Gasteiger partial charge is 0.497 e. The zero-order chi connectivity index (χ0) is 12.0. The number of rotatable bonds is 6. The zero-order valence-electron chi connectivity index (χ0n) is 10.3. The summed E-state index contributed by atoms with van der Waals surface area (Å²) in [6.45, 7) is 4.66. The molecule has 3 nitrogen and oxygen atoms in total. The molecule has 0 aliphatic carbocycles. The summed E-state index contributed by atoms with van der Waals surface area (Å²) in [5.41, 5.74) is 6.82. The van der Waals surface area contributed by atoms with E-state index in [4.69, 9.17) is 15.2 Å². The monoisotopic (exact) mass is 223 g/mol. The maximum Gasteiger partial charge on any atom is 0.118 e. The van der Waals surface area contributed by atoms with Crippen molar-refractivity contribution in [1.29, 1.82) is 0 Å². The average Bonchev–Trinajstić information content (AvgIpc) is 2.35. The first-order valence-corrected chi connectivity index (χ1v) is 5.70. The normalized spacial score (nSPS) is 14.5. The molecule has 2 atom stereocenters. The van der Waals surface area contributed by atoms with E-state index in [0.29, 0.717) is 6.54 Å². The van der Waals surface area contributed by atoms with Crippen LogP contribution in [0.15, 0.2) is 24.3 Å². The molecule has 0 saturated heterocycles. The summed E-state index contributed by atoms with van der Waals surface area (Å²) in [6.07, 6.45) is 1.20. The van der Waals surface area contributed by atoms with Gasteiger partial charge in [0, 0.05) is 6.54 Å². The van der Waals surface area contributed by atoms with Gasteiger partial charge in [0.1, 0.15) is 5.75 Å². The molecule has 0 heterocycles. The van der Waals surface area contributed by atoms with Gasteiger partial charge in [-0.25, -0.2) is 0 Å². The van der Waals surface area contributed by atoms with Crippen LogP contribution >= 0.6 is 0 Å². The Bertz CT molecular complexity index is 297. The molecule has 2 unspecified atom stereocenters. The zero-order valence-corrected chi connectivity index (χ0v) is 10.3. The topological polar surface area (TPSA) is 44.5 Å². The number of ether oxygens (including phenoxy) is 2. The van der Waals surface area contributed by atoms with Crippen LogP contribution in [0.3, 0.4) is 0 Å². The second kappa shape index (κ2) is 6.51. The molecule has 0 amide bonds. The molecule has 2 N–H and O–H groups in total. The van der Waals surface area contributed by atoms with Gasteiger partial charge < -0.3 is 15.2 Å². The quantitative estimate of drug-likeness (QED) is 0.806. The Morgan fingerprint density at radius 2 is 1.88 bits per heavy atom. The molecule has 0 fully saturated rings. The van der Waals surface area contributed by atoms with Crippen molar-refractivity contribution in [1.82, 2.24) is 0 Å². The lowest BCUT2D eigenvalue weighted by molar-refractivity contribution is -0.0000412. The van der Waals surface area contributed by atoms with Gasteiger partial charge in [0.15, 0.2) is 0 Å². The lowest BCUT2D eigenvalue weighted by Crippen LogP contribution is -2.20. The van der Waals surface area contributed by atoms with Crippen LogP contribution in [0.2, 0.25) is 0 Å². The maximum atomic E-state index is 5.84. The van der Waals surface area contributed by atoms with Gasteiger partial charge in [-0.05, 0) is 31.0 Å².